The predicted octanol–water partition coefficient (Wildman–Crippen LogP) is 4.68. The average molecular weight is 957 g/mol. The van der Waals surface area contributed by atoms with Crippen LogP contribution >= 0.6 is 0 Å². The van der Waals surface area contributed by atoms with Crippen molar-refractivity contribution in [2.75, 3.05) is 76.5 Å². The van der Waals surface area contributed by atoms with Crippen LogP contribution in [-0.2, 0) is 0 Å². The molecule has 0 aliphatic heterocycles. The maximum atomic E-state index is 13.4. The standard InChI is InChI=1S/C22H28N4O4.C14H10N2O4.C14H10O6/c1-25(2)11-9-23-13-5-6-14(24-10-12-26(3)4)18-17(13)21(29)19-15(27)7-8-16(28)20(19)22(18)30;15-5-1-3-7(17)11-9(5)13(19)12-8(18)4-2-6(16)10(12)14(11)20;15-5-1-2-6(16)10-9(5)13(19)11-7(17)3-4-8(18)12(11)14(10)20/h5-8,23-24,27-28H,9-12H2,1-4H3;1-4,17-18H,15-16H2;1-2,15-16,19-20H,3-4H2. The lowest BCUT2D eigenvalue weighted by Crippen LogP contribution is -2.27. The number of carbonyl (C=O) groups excluding carboxylic acids is 6. The first-order valence-corrected chi connectivity index (χ1v) is 21.5. The topological polar surface area (TPSA) is 347 Å². The lowest BCUT2D eigenvalue weighted by molar-refractivity contribution is 0.0885. The molecule has 0 radical (unpaired) electrons. The Labute approximate surface area is 398 Å². The summed E-state index contributed by atoms with van der Waals surface area (Å²) in [5, 5.41) is 86.0. The van der Waals surface area contributed by atoms with Crippen LogP contribution in [0.5, 0.6) is 46.0 Å². The molecule has 9 rings (SSSR count). The highest BCUT2D eigenvalue weighted by Gasteiger charge is 2.39. The third kappa shape index (κ3) is 8.52. The molecule has 0 unspecified atom stereocenters. The van der Waals surface area contributed by atoms with Crippen molar-refractivity contribution in [1.29, 1.82) is 0 Å². The molecule has 0 amide bonds. The Kier molecular flexibility index (Phi) is 13.3. The van der Waals surface area contributed by atoms with E-state index >= 15 is 0 Å². The van der Waals surface area contributed by atoms with Gasteiger partial charge in [0.15, 0.2) is 11.6 Å². The molecule has 3 aliphatic rings. The third-order valence-corrected chi connectivity index (χ3v) is 11.9. The predicted molar refractivity (Wildman–Crippen MR) is 258 cm³/mol. The number of phenolic OH excluding ortho intramolecular Hbond substituents is 8. The number of hydrogen-bond acceptors (Lipinski definition) is 20. The van der Waals surface area contributed by atoms with Gasteiger partial charge in [-0.1, -0.05) is 0 Å². The molecule has 20 heteroatoms. The second kappa shape index (κ2) is 19.0. The molecule has 0 atom stereocenters. The summed E-state index contributed by atoms with van der Waals surface area (Å²) in [5.74, 6) is -6.56. The van der Waals surface area contributed by atoms with E-state index in [1.54, 1.807) is 12.1 Å². The van der Waals surface area contributed by atoms with Crippen LogP contribution in [0.1, 0.15) is 97.2 Å². The van der Waals surface area contributed by atoms with Crippen molar-refractivity contribution in [3.63, 3.8) is 0 Å². The molecule has 0 spiro atoms. The molecule has 20 nitrogen and oxygen atoms in total. The number of nitrogen functional groups attached to an aromatic ring is 2. The average Bonchev–Trinajstić information content (AvgIpc) is 3.30. The van der Waals surface area contributed by atoms with Gasteiger partial charge in [0.2, 0.25) is 23.1 Å². The van der Waals surface area contributed by atoms with Gasteiger partial charge in [0.25, 0.3) is 0 Å². The number of likely N-dealkylation sites (N-methyl/N-ethyl adjacent to an activating group) is 2. The molecule has 14 N–H and O–H groups in total. The van der Waals surface area contributed by atoms with Crippen molar-refractivity contribution in [1.82, 2.24) is 9.80 Å². The molecule has 0 bridgehead atoms. The van der Waals surface area contributed by atoms with Crippen LogP contribution in [0.3, 0.4) is 0 Å². The molecule has 362 valence electrons. The molecule has 3 aliphatic carbocycles. The number of ketones is 6. The molecular weight excluding hydrogens is 909 g/mol. The van der Waals surface area contributed by atoms with Gasteiger partial charge in [-0.15, -0.1) is 0 Å². The normalized spacial score (nSPS) is 13.4. The minimum atomic E-state index is -0.632. The zero-order chi connectivity index (χ0) is 51.2. The van der Waals surface area contributed by atoms with Crippen molar-refractivity contribution >= 4 is 68.2 Å². The molecule has 0 heterocycles. The minimum Gasteiger partial charge on any atom is -0.507 e. The Morgan fingerprint density at radius 3 is 1.01 bits per heavy atom. The summed E-state index contributed by atoms with van der Waals surface area (Å²) in [6.45, 7) is 2.63. The van der Waals surface area contributed by atoms with Gasteiger partial charge in [0, 0.05) is 61.8 Å². The number of fused-ring (bicyclic) bond motifs is 6. The second-order valence-electron chi connectivity index (χ2n) is 17.0. The molecule has 0 saturated heterocycles. The van der Waals surface area contributed by atoms with E-state index in [-0.39, 0.29) is 114 Å². The second-order valence-corrected chi connectivity index (χ2v) is 17.0. The number of nitrogens with one attached hydrogen (secondary N) is 2. The van der Waals surface area contributed by atoms with Crippen LogP contribution in [-0.4, -0.2) is 140 Å². The number of anilines is 4. The molecule has 0 fully saturated rings. The van der Waals surface area contributed by atoms with E-state index < -0.39 is 57.7 Å². The number of aromatic hydroxyl groups is 8. The Hall–Kier alpha value is -8.88. The van der Waals surface area contributed by atoms with E-state index in [1.807, 2.05) is 38.0 Å². The Morgan fingerprint density at radius 1 is 0.400 bits per heavy atom. The highest BCUT2D eigenvalue weighted by molar-refractivity contribution is 6.34. The van der Waals surface area contributed by atoms with E-state index in [9.17, 15) is 69.6 Å². The van der Waals surface area contributed by atoms with Crippen molar-refractivity contribution in [2.45, 2.75) is 12.8 Å². The Morgan fingerprint density at radius 2 is 0.686 bits per heavy atom. The first kappa shape index (κ1) is 49.0. The van der Waals surface area contributed by atoms with Crippen LogP contribution in [0.4, 0.5) is 22.7 Å². The summed E-state index contributed by atoms with van der Waals surface area (Å²) in [4.78, 5) is 79.4. The van der Waals surface area contributed by atoms with E-state index in [2.05, 4.69) is 10.6 Å². The van der Waals surface area contributed by atoms with Gasteiger partial charge in [0.1, 0.15) is 46.0 Å². The highest BCUT2D eigenvalue weighted by Crippen LogP contribution is 2.49. The maximum Gasteiger partial charge on any atom is 0.200 e. The fourth-order valence-corrected chi connectivity index (χ4v) is 8.47. The van der Waals surface area contributed by atoms with Gasteiger partial charge in [-0.05, 0) is 88.9 Å². The fourth-order valence-electron chi connectivity index (χ4n) is 8.47. The highest BCUT2D eigenvalue weighted by atomic mass is 16.3. The van der Waals surface area contributed by atoms with Gasteiger partial charge in [-0.25, -0.2) is 0 Å². The Bertz CT molecular complexity index is 2980. The van der Waals surface area contributed by atoms with E-state index in [0.717, 1.165) is 25.2 Å². The number of rotatable bonds is 8. The zero-order valence-corrected chi connectivity index (χ0v) is 38.1. The van der Waals surface area contributed by atoms with E-state index in [0.29, 0.717) is 24.5 Å². The zero-order valence-electron chi connectivity index (χ0n) is 38.1. The molecule has 0 saturated carbocycles. The van der Waals surface area contributed by atoms with Crippen molar-refractivity contribution in [3.05, 3.63) is 116 Å². The molecule has 6 aromatic carbocycles. The molecular formula is C50H48N6O14. The van der Waals surface area contributed by atoms with Gasteiger partial charge < -0.3 is 72.8 Å². The van der Waals surface area contributed by atoms with Crippen LogP contribution in [0.2, 0.25) is 0 Å². The van der Waals surface area contributed by atoms with Crippen LogP contribution in [0, 0.1) is 0 Å². The van der Waals surface area contributed by atoms with Crippen LogP contribution < -0.4 is 22.1 Å². The lowest BCUT2D eigenvalue weighted by Gasteiger charge is -2.25. The number of carbonyl (C=O) groups is 6. The van der Waals surface area contributed by atoms with Gasteiger partial charge >= 0.3 is 0 Å². The quantitative estimate of drug-likeness (QED) is 0.0726. The number of nitrogens with two attached hydrogens (primary N) is 2. The first-order chi connectivity index (χ1) is 33.1. The number of Topliss-reactive ketones (excluding diaryl/α,β-unsaturated/α-hetero) is 2. The van der Waals surface area contributed by atoms with Crippen molar-refractivity contribution in [2.24, 2.45) is 0 Å². The van der Waals surface area contributed by atoms with Gasteiger partial charge in [0.05, 0.1) is 66.4 Å². The van der Waals surface area contributed by atoms with Gasteiger partial charge in [-0.2, -0.15) is 0 Å². The van der Waals surface area contributed by atoms with Crippen molar-refractivity contribution in [3.8, 4) is 46.0 Å². The van der Waals surface area contributed by atoms with Crippen LogP contribution in [0.25, 0.3) is 10.8 Å². The van der Waals surface area contributed by atoms with Crippen molar-refractivity contribution < 1.29 is 69.6 Å². The van der Waals surface area contributed by atoms with Crippen LogP contribution in [0.15, 0.2) is 60.7 Å². The summed E-state index contributed by atoms with van der Waals surface area (Å²) in [6.07, 6.45) is -0.131. The maximum absolute atomic E-state index is 13.4. The van der Waals surface area contributed by atoms with E-state index in [1.165, 1.54) is 36.4 Å². The smallest absolute Gasteiger partial charge is 0.200 e. The first-order valence-electron chi connectivity index (χ1n) is 21.5. The lowest BCUT2D eigenvalue weighted by atomic mass is 9.81. The Balaban J connectivity index is 0.000000160. The summed E-state index contributed by atoms with van der Waals surface area (Å²) in [6, 6.07) is 13.4. The number of nitrogens with zero attached hydrogens (tertiary/aromatic N) is 2. The SMILES string of the molecule is CN(C)CCNc1ccc(NCCN(C)C)c2c1C(=O)c1c(O)ccc(O)c1C2=O.Nc1ccc(O)c2c1C(=O)c1c(O)ccc(N)c1C2=O.O=C1CCC(=O)c2c1c(O)c1c(O)ccc(O)c1c2O. The monoisotopic (exact) mass is 956 g/mol. The third-order valence-electron chi connectivity index (χ3n) is 11.9. The summed E-state index contributed by atoms with van der Waals surface area (Å²) >= 11 is 0. The number of hydrogen-bond donors (Lipinski definition) is 12. The summed E-state index contributed by atoms with van der Waals surface area (Å²) < 4.78 is 0. The van der Waals surface area contributed by atoms with Gasteiger partial charge in [-0.3, -0.25) is 28.8 Å². The number of phenols is 8. The summed E-state index contributed by atoms with van der Waals surface area (Å²) in [7, 11) is 7.78. The summed E-state index contributed by atoms with van der Waals surface area (Å²) in [5.41, 5.74) is 11.5. The molecule has 6 aromatic rings. The molecule has 0 aromatic heterocycles. The fraction of sp³-hybridized carbons (Fsp3) is 0.200. The number of benzene rings is 6. The minimum absolute atomic E-state index is 0.0589. The molecule has 70 heavy (non-hydrogen) atoms. The van der Waals surface area contributed by atoms with E-state index in [4.69, 9.17) is 11.5 Å². The largest absolute Gasteiger partial charge is 0.507 e.